The Morgan fingerprint density at radius 1 is 1.16 bits per heavy atom. The van der Waals surface area contributed by atoms with Crippen molar-refractivity contribution in [1.29, 1.82) is 0 Å². The van der Waals surface area contributed by atoms with Crippen LogP contribution in [0.1, 0.15) is 76.3 Å². The van der Waals surface area contributed by atoms with Crippen LogP contribution in [0.3, 0.4) is 0 Å². The van der Waals surface area contributed by atoms with Gasteiger partial charge in [-0.1, -0.05) is 26.3 Å². The van der Waals surface area contributed by atoms with Crippen molar-refractivity contribution in [2.75, 3.05) is 23.1 Å². The number of sulfonamides is 1. The van der Waals surface area contributed by atoms with Crippen LogP contribution in [0.2, 0.25) is 0 Å². The van der Waals surface area contributed by atoms with Crippen molar-refractivity contribution in [1.82, 2.24) is 26.3 Å². The second kappa shape index (κ2) is 15.2. The van der Waals surface area contributed by atoms with Crippen LogP contribution >= 0.6 is 0 Å². The number of rotatable bonds is 16. The maximum atomic E-state index is 13.4. The number of pyridine rings is 1. The van der Waals surface area contributed by atoms with Gasteiger partial charge in [-0.25, -0.2) is 13.4 Å². The summed E-state index contributed by atoms with van der Waals surface area (Å²) in [6.07, 6.45) is 3.56. The maximum absolute atomic E-state index is 13.4. The highest BCUT2D eigenvalue weighted by Crippen LogP contribution is 2.24. The number of alkyl halides is 2. The van der Waals surface area contributed by atoms with E-state index in [1.807, 2.05) is 6.92 Å². The van der Waals surface area contributed by atoms with Crippen LogP contribution in [0.15, 0.2) is 47.8 Å². The van der Waals surface area contributed by atoms with Gasteiger partial charge >= 0.3 is 5.25 Å². The Labute approximate surface area is 254 Å². The average Bonchev–Trinajstić information content (AvgIpc) is 2.90. The lowest BCUT2D eigenvalue weighted by atomic mass is 10.0. The topological polar surface area (TPSA) is 139 Å². The van der Waals surface area contributed by atoms with E-state index in [4.69, 9.17) is 0 Å². The number of halogens is 2. The number of hydrogen-bond acceptors (Lipinski definition) is 9. The van der Waals surface area contributed by atoms with Crippen LogP contribution in [0.4, 0.5) is 20.3 Å². The molecule has 1 aliphatic heterocycles. The van der Waals surface area contributed by atoms with Crippen molar-refractivity contribution in [3.63, 3.8) is 0 Å². The van der Waals surface area contributed by atoms with E-state index >= 15 is 0 Å². The van der Waals surface area contributed by atoms with Gasteiger partial charge in [0.05, 0.1) is 0 Å². The molecule has 1 aromatic carbocycles. The summed E-state index contributed by atoms with van der Waals surface area (Å²) in [4.78, 5) is 3.80. The van der Waals surface area contributed by atoms with Crippen LogP contribution < -0.4 is 31.3 Å². The summed E-state index contributed by atoms with van der Waals surface area (Å²) in [6.45, 7) is 12.2. The number of aliphatic hydroxyl groups excluding tert-OH is 1. The van der Waals surface area contributed by atoms with Crippen LogP contribution in [0.25, 0.3) is 0 Å². The number of benzene rings is 1. The summed E-state index contributed by atoms with van der Waals surface area (Å²) in [5.74, 6) is -0.294. The van der Waals surface area contributed by atoms with Crippen molar-refractivity contribution >= 4 is 21.5 Å². The third-order valence-corrected chi connectivity index (χ3v) is 8.74. The lowest BCUT2D eigenvalue weighted by Crippen LogP contribution is -2.54. The molecule has 1 aromatic heterocycles. The highest BCUT2D eigenvalue weighted by Gasteiger charge is 2.39. The molecule has 0 bridgehead atoms. The first-order valence-electron chi connectivity index (χ1n) is 14.8. The van der Waals surface area contributed by atoms with Crippen LogP contribution in [-0.4, -0.2) is 55.2 Å². The molecule has 0 aliphatic carbocycles. The fourth-order valence-electron chi connectivity index (χ4n) is 5.14. The molecule has 4 atom stereocenters. The molecule has 0 saturated heterocycles. The fourth-order valence-corrected chi connectivity index (χ4v) is 5.71. The van der Waals surface area contributed by atoms with Gasteiger partial charge in [-0.3, -0.25) is 15.4 Å². The second-order valence-electron chi connectivity index (χ2n) is 11.4. The molecule has 0 amide bonds. The van der Waals surface area contributed by atoms with E-state index in [9.17, 15) is 22.3 Å². The van der Waals surface area contributed by atoms with Gasteiger partial charge in [-0.05, 0) is 81.0 Å². The molecule has 7 N–H and O–H groups in total. The van der Waals surface area contributed by atoms with Crippen LogP contribution in [0, 0.1) is 13.8 Å². The van der Waals surface area contributed by atoms with E-state index in [1.165, 1.54) is 35.0 Å². The summed E-state index contributed by atoms with van der Waals surface area (Å²) in [5, 5.41) is 24.3. The molecule has 13 heteroatoms. The highest BCUT2D eigenvalue weighted by molar-refractivity contribution is 7.93. The normalized spacial score (nSPS) is 18.1. The van der Waals surface area contributed by atoms with Gasteiger partial charge in [-0.15, -0.1) is 0 Å². The van der Waals surface area contributed by atoms with Crippen molar-refractivity contribution in [2.45, 2.75) is 97.1 Å². The average molecular weight is 624 g/mol. The van der Waals surface area contributed by atoms with Gasteiger partial charge < -0.3 is 21.1 Å². The van der Waals surface area contributed by atoms with Gasteiger partial charge in [0.2, 0.25) is 0 Å². The molecular weight excluding hydrogens is 576 g/mol. The minimum Gasteiger partial charge on any atom is -0.374 e. The summed E-state index contributed by atoms with van der Waals surface area (Å²) in [6, 6.07) is 9.18. The Balaban J connectivity index is 1.59. The molecule has 0 spiro atoms. The smallest absolute Gasteiger partial charge is 0.361 e. The third-order valence-electron chi connectivity index (χ3n) is 7.32. The van der Waals surface area contributed by atoms with E-state index in [-0.39, 0.29) is 24.2 Å². The van der Waals surface area contributed by atoms with E-state index in [2.05, 4.69) is 77.5 Å². The number of hydrogen-bond donors (Lipinski definition) is 7. The molecule has 0 saturated carbocycles. The maximum Gasteiger partial charge on any atom is 0.361 e. The van der Waals surface area contributed by atoms with E-state index in [0.29, 0.717) is 19.0 Å². The van der Waals surface area contributed by atoms with Gasteiger partial charge in [0, 0.05) is 55.2 Å². The lowest BCUT2D eigenvalue weighted by molar-refractivity contribution is 0.115. The monoisotopic (exact) mass is 623 g/mol. The number of aryl methyl sites for hydroxylation is 2. The van der Waals surface area contributed by atoms with Crippen molar-refractivity contribution in [3.8, 4) is 0 Å². The molecular formula is C30H47F2N7O3S. The highest BCUT2D eigenvalue weighted by atomic mass is 32.2. The molecule has 10 nitrogen and oxygen atoms in total. The number of nitrogens with one attached hydrogen (secondary N) is 6. The Hall–Kier alpha value is -2.84. The quantitative estimate of drug-likeness (QED) is 0.135. The molecule has 43 heavy (non-hydrogen) atoms. The zero-order valence-corrected chi connectivity index (χ0v) is 26.7. The molecule has 0 radical (unpaired) electrons. The zero-order valence-electron chi connectivity index (χ0n) is 25.9. The molecule has 0 fully saturated rings. The van der Waals surface area contributed by atoms with Crippen molar-refractivity contribution in [3.05, 3.63) is 64.5 Å². The largest absolute Gasteiger partial charge is 0.374 e. The zero-order chi connectivity index (χ0) is 31.8. The van der Waals surface area contributed by atoms with Crippen LogP contribution in [0.5, 0.6) is 0 Å². The number of anilines is 2. The number of nitrogens with zero attached hydrogens (tertiary/aromatic N) is 1. The van der Waals surface area contributed by atoms with Crippen LogP contribution in [-0.2, 0) is 10.0 Å². The Bertz CT molecular complexity index is 1330. The van der Waals surface area contributed by atoms with Gasteiger partial charge in [0.25, 0.3) is 10.0 Å². The first-order valence-corrected chi connectivity index (χ1v) is 16.3. The Morgan fingerprint density at radius 2 is 1.86 bits per heavy atom. The standard InChI is InChI=1S/C30H47F2N7O3S/c1-7-9-24(15-21(5)36-28(40)23-10-11-33-27(16-23)39-43(41,42)30(6,31)32)34-18-26-22(8-2)17-35-29(38-26)37-25-13-19(3)12-20(4)14-25/h10-14,16,21,24,28-29,34-38,40H,7-9,15,17-18H2,1-6H3,(H,33,39)/t21-,24-,28?,29?/m1/s1. The molecule has 1 aliphatic rings. The predicted molar refractivity (Wildman–Crippen MR) is 168 cm³/mol. The van der Waals surface area contributed by atoms with E-state index < -0.39 is 21.5 Å². The number of aliphatic hydroxyl groups is 1. The molecule has 2 heterocycles. The van der Waals surface area contributed by atoms with Gasteiger partial charge in [-0.2, -0.15) is 8.78 Å². The second-order valence-corrected chi connectivity index (χ2v) is 13.3. The SMILES string of the molecule is CCC[C@H](C[C@@H](C)NC(O)c1ccnc(NS(=O)(=O)C(C)(F)F)c1)NCC1=C(CC)CNC(Nc2cc(C)cc(C)c2)N1. The minimum atomic E-state index is -4.96. The van der Waals surface area contributed by atoms with Crippen molar-refractivity contribution < 1.29 is 22.3 Å². The lowest BCUT2D eigenvalue weighted by Gasteiger charge is -2.33. The molecule has 2 aromatic rings. The van der Waals surface area contributed by atoms with Crippen molar-refractivity contribution in [2.24, 2.45) is 0 Å². The summed E-state index contributed by atoms with van der Waals surface area (Å²) < 4.78 is 52.2. The molecule has 240 valence electrons. The summed E-state index contributed by atoms with van der Waals surface area (Å²) in [5.41, 5.74) is 6.24. The molecule has 2 unspecified atom stereocenters. The van der Waals surface area contributed by atoms with Gasteiger partial charge in [0.15, 0.2) is 6.29 Å². The van der Waals surface area contributed by atoms with Gasteiger partial charge in [0.1, 0.15) is 12.0 Å². The third kappa shape index (κ3) is 10.4. The van der Waals surface area contributed by atoms with E-state index in [0.717, 1.165) is 43.6 Å². The first kappa shape index (κ1) is 34.6. The predicted octanol–water partition coefficient (Wildman–Crippen LogP) is 4.42. The fraction of sp³-hybridized carbons (Fsp3) is 0.567. The summed E-state index contributed by atoms with van der Waals surface area (Å²) >= 11 is 0. The first-order chi connectivity index (χ1) is 20.2. The van der Waals surface area contributed by atoms with E-state index in [1.54, 1.807) is 4.72 Å². The summed E-state index contributed by atoms with van der Waals surface area (Å²) in [7, 11) is -4.96. The molecule has 3 rings (SSSR count). The Morgan fingerprint density at radius 3 is 2.49 bits per heavy atom. The Kier molecular flexibility index (Phi) is 12.3. The minimum absolute atomic E-state index is 0.105. The number of aromatic nitrogens is 1.